The highest BCUT2D eigenvalue weighted by Gasteiger charge is 2.22. The molecule has 0 aromatic heterocycles. The van der Waals surface area contributed by atoms with Crippen LogP contribution < -0.4 is 5.32 Å². The number of nitrogens with one attached hydrogen (secondary N) is 1. The van der Waals surface area contributed by atoms with E-state index >= 15 is 0 Å². The third-order valence-electron chi connectivity index (χ3n) is 2.99. The van der Waals surface area contributed by atoms with Gasteiger partial charge in [-0.1, -0.05) is 13.0 Å². The van der Waals surface area contributed by atoms with Gasteiger partial charge in [-0.25, -0.2) is 0 Å². The second-order valence-corrected chi connectivity index (χ2v) is 5.95. The fraction of sp³-hybridized carbons (Fsp3) is 0.500. The first kappa shape index (κ1) is 12.2. The molecule has 1 heterocycles. The van der Waals surface area contributed by atoms with E-state index in [9.17, 15) is 10.1 Å². The number of hydrogen-bond acceptors (Lipinski definition) is 4. The van der Waals surface area contributed by atoms with E-state index < -0.39 is 0 Å². The molecule has 1 aromatic rings. The van der Waals surface area contributed by atoms with Gasteiger partial charge in [0, 0.05) is 34.9 Å². The molecule has 1 N–H and O–H groups in total. The van der Waals surface area contributed by atoms with Gasteiger partial charge in [0.1, 0.15) is 0 Å². The van der Waals surface area contributed by atoms with Crippen molar-refractivity contribution in [3.8, 4) is 0 Å². The van der Waals surface area contributed by atoms with Crippen LogP contribution in [0.2, 0.25) is 0 Å². The first-order valence-corrected chi connectivity index (χ1v) is 6.74. The molecule has 2 unspecified atom stereocenters. The van der Waals surface area contributed by atoms with Crippen LogP contribution in [0.15, 0.2) is 18.2 Å². The zero-order chi connectivity index (χ0) is 12.4. The zero-order valence-electron chi connectivity index (χ0n) is 9.97. The Morgan fingerprint density at radius 3 is 2.88 bits per heavy atom. The van der Waals surface area contributed by atoms with E-state index in [0.717, 1.165) is 23.4 Å². The number of nitrogens with zero attached hydrogens (tertiary/aromatic N) is 1. The van der Waals surface area contributed by atoms with Gasteiger partial charge in [-0.15, -0.1) is 0 Å². The predicted molar refractivity (Wildman–Crippen MR) is 71.8 cm³/mol. The Morgan fingerprint density at radius 1 is 1.53 bits per heavy atom. The highest BCUT2D eigenvalue weighted by atomic mass is 32.2. The van der Waals surface area contributed by atoms with E-state index in [4.69, 9.17) is 0 Å². The lowest BCUT2D eigenvalue weighted by Crippen LogP contribution is -2.19. The van der Waals surface area contributed by atoms with E-state index in [1.54, 1.807) is 18.2 Å². The third kappa shape index (κ3) is 2.91. The zero-order valence-corrected chi connectivity index (χ0v) is 10.8. The summed E-state index contributed by atoms with van der Waals surface area (Å²) in [6.45, 7) is 4.18. The van der Waals surface area contributed by atoms with Gasteiger partial charge in [-0.2, -0.15) is 11.8 Å². The first-order chi connectivity index (χ1) is 8.06. The quantitative estimate of drug-likeness (QED) is 0.663. The van der Waals surface area contributed by atoms with Crippen LogP contribution in [0.3, 0.4) is 0 Å². The molecule has 1 aliphatic rings. The summed E-state index contributed by atoms with van der Waals surface area (Å²) in [6.07, 6.45) is 1.12. The smallest absolute Gasteiger partial charge is 0.271 e. The number of non-ortho nitro benzene ring substituents is 1. The lowest BCUT2D eigenvalue weighted by molar-refractivity contribution is -0.384. The van der Waals surface area contributed by atoms with Gasteiger partial charge in [0.15, 0.2) is 0 Å². The number of nitro groups is 1. The van der Waals surface area contributed by atoms with Crippen LogP contribution in [0.5, 0.6) is 0 Å². The summed E-state index contributed by atoms with van der Waals surface area (Å²) in [7, 11) is 0. The minimum Gasteiger partial charge on any atom is -0.381 e. The Balaban J connectivity index is 2.14. The minimum atomic E-state index is -0.351. The molecule has 1 aliphatic heterocycles. The molecular weight excluding hydrogens is 236 g/mol. The van der Waals surface area contributed by atoms with Crippen molar-refractivity contribution in [2.24, 2.45) is 0 Å². The molecule has 0 saturated carbocycles. The van der Waals surface area contributed by atoms with Crippen LogP contribution in [-0.2, 0) is 0 Å². The van der Waals surface area contributed by atoms with Crippen LogP contribution in [0.25, 0.3) is 0 Å². The number of hydrogen-bond donors (Lipinski definition) is 1. The minimum absolute atomic E-state index is 0.150. The summed E-state index contributed by atoms with van der Waals surface area (Å²) < 4.78 is 0. The SMILES string of the molecule is Cc1ccc([N+](=O)[O-])cc1NC1CSC(C)C1. The molecule has 1 saturated heterocycles. The van der Waals surface area contributed by atoms with Crippen molar-refractivity contribution in [3.63, 3.8) is 0 Å². The topological polar surface area (TPSA) is 55.2 Å². The van der Waals surface area contributed by atoms with Crippen molar-refractivity contribution in [1.29, 1.82) is 0 Å². The fourth-order valence-corrected chi connectivity index (χ4v) is 3.17. The Labute approximate surface area is 105 Å². The van der Waals surface area contributed by atoms with Gasteiger partial charge in [-0.05, 0) is 18.9 Å². The Morgan fingerprint density at radius 2 is 2.29 bits per heavy atom. The van der Waals surface area contributed by atoms with Crippen molar-refractivity contribution in [2.45, 2.75) is 31.6 Å². The summed E-state index contributed by atoms with van der Waals surface area (Å²) >= 11 is 1.94. The van der Waals surface area contributed by atoms with Crippen LogP contribution in [0.4, 0.5) is 11.4 Å². The average Bonchev–Trinajstić information content (AvgIpc) is 2.67. The van der Waals surface area contributed by atoms with Crippen LogP contribution in [0, 0.1) is 17.0 Å². The number of benzene rings is 1. The van der Waals surface area contributed by atoms with Gasteiger partial charge in [0.25, 0.3) is 5.69 Å². The van der Waals surface area contributed by atoms with E-state index in [2.05, 4.69) is 12.2 Å². The van der Waals surface area contributed by atoms with E-state index in [1.807, 2.05) is 18.7 Å². The maximum Gasteiger partial charge on any atom is 0.271 e. The predicted octanol–water partition coefficient (Wildman–Crippen LogP) is 3.21. The first-order valence-electron chi connectivity index (χ1n) is 5.69. The monoisotopic (exact) mass is 252 g/mol. The number of nitro benzene ring substituents is 1. The molecule has 1 aromatic carbocycles. The average molecular weight is 252 g/mol. The van der Waals surface area contributed by atoms with Gasteiger partial charge < -0.3 is 5.32 Å². The normalized spacial score (nSPS) is 23.6. The highest BCUT2D eigenvalue weighted by molar-refractivity contribution is 8.00. The van der Waals surface area contributed by atoms with Crippen molar-refractivity contribution in [1.82, 2.24) is 0 Å². The molecule has 1 fully saturated rings. The molecule has 5 heteroatoms. The summed E-state index contributed by atoms with van der Waals surface area (Å²) in [5, 5.41) is 14.8. The van der Waals surface area contributed by atoms with E-state index in [1.165, 1.54) is 0 Å². The van der Waals surface area contributed by atoms with Crippen molar-refractivity contribution in [3.05, 3.63) is 33.9 Å². The molecule has 0 spiro atoms. The lowest BCUT2D eigenvalue weighted by atomic mass is 10.1. The molecule has 92 valence electrons. The summed E-state index contributed by atoms with van der Waals surface area (Å²) in [6, 6.07) is 5.40. The van der Waals surface area contributed by atoms with E-state index in [-0.39, 0.29) is 10.6 Å². The second kappa shape index (κ2) is 4.96. The lowest BCUT2D eigenvalue weighted by Gasteiger charge is -2.15. The van der Waals surface area contributed by atoms with Crippen LogP contribution in [0.1, 0.15) is 18.9 Å². The molecule has 0 radical (unpaired) electrons. The van der Waals surface area contributed by atoms with Crippen LogP contribution >= 0.6 is 11.8 Å². The fourth-order valence-electron chi connectivity index (χ4n) is 2.02. The van der Waals surface area contributed by atoms with Gasteiger partial charge in [0.05, 0.1) is 4.92 Å². The number of anilines is 1. The second-order valence-electron chi connectivity index (χ2n) is 4.48. The summed E-state index contributed by atoms with van der Waals surface area (Å²) in [5.41, 5.74) is 2.09. The Hall–Kier alpha value is -1.23. The van der Waals surface area contributed by atoms with Crippen molar-refractivity contribution in [2.75, 3.05) is 11.1 Å². The molecule has 0 bridgehead atoms. The van der Waals surface area contributed by atoms with Crippen molar-refractivity contribution < 1.29 is 4.92 Å². The maximum atomic E-state index is 10.7. The molecule has 0 amide bonds. The number of aryl methyl sites for hydroxylation is 1. The third-order valence-corrected chi connectivity index (χ3v) is 4.35. The Kier molecular flexibility index (Phi) is 3.57. The Bertz CT molecular complexity index is 437. The summed E-state index contributed by atoms with van der Waals surface area (Å²) in [4.78, 5) is 10.4. The largest absolute Gasteiger partial charge is 0.381 e. The number of rotatable bonds is 3. The molecule has 17 heavy (non-hydrogen) atoms. The van der Waals surface area contributed by atoms with Gasteiger partial charge in [0.2, 0.25) is 0 Å². The molecule has 2 atom stereocenters. The molecule has 0 aliphatic carbocycles. The molecular formula is C12H16N2O2S. The summed E-state index contributed by atoms with van der Waals surface area (Å²) in [5.74, 6) is 1.07. The molecule has 4 nitrogen and oxygen atoms in total. The highest BCUT2D eigenvalue weighted by Crippen LogP contribution is 2.30. The van der Waals surface area contributed by atoms with E-state index in [0.29, 0.717) is 11.3 Å². The number of thioether (sulfide) groups is 1. The standard InChI is InChI=1S/C12H16N2O2S/c1-8-3-4-11(14(15)16)6-12(8)13-10-5-9(2)17-7-10/h3-4,6,9-10,13H,5,7H2,1-2H3. The van der Waals surface area contributed by atoms with Gasteiger partial charge >= 0.3 is 0 Å². The maximum absolute atomic E-state index is 10.7. The molecule has 2 rings (SSSR count). The van der Waals surface area contributed by atoms with Crippen molar-refractivity contribution >= 4 is 23.1 Å². The van der Waals surface area contributed by atoms with Crippen LogP contribution in [-0.4, -0.2) is 22.0 Å². The van der Waals surface area contributed by atoms with Gasteiger partial charge in [-0.3, -0.25) is 10.1 Å².